The van der Waals surface area contributed by atoms with Crippen molar-refractivity contribution in [2.45, 2.75) is 76.2 Å². The van der Waals surface area contributed by atoms with Gasteiger partial charge in [-0.2, -0.15) is 0 Å². The van der Waals surface area contributed by atoms with Crippen molar-refractivity contribution in [3.63, 3.8) is 0 Å². The largest absolute Gasteiger partial charge is 0.443 e. The second-order valence-corrected chi connectivity index (χ2v) is 9.61. The number of oxazole rings is 1. The number of hydrogen-bond acceptors (Lipinski definition) is 6. The molecular weight excluding hydrogens is 441 g/mol. The minimum absolute atomic E-state index is 0.0120. The molecule has 1 aromatic heterocycles. The number of ether oxygens (including phenoxy) is 1. The predicted molar refractivity (Wildman–Crippen MR) is 123 cm³/mol. The molecule has 1 saturated carbocycles. The van der Waals surface area contributed by atoms with Crippen molar-refractivity contribution in [1.82, 2.24) is 9.88 Å². The van der Waals surface area contributed by atoms with Crippen LogP contribution < -0.4 is 5.73 Å². The number of aromatic nitrogens is 1. The Balaban J connectivity index is 1.55. The first-order chi connectivity index (χ1) is 16.3. The zero-order chi connectivity index (χ0) is 24.1. The Morgan fingerprint density at radius 1 is 1.15 bits per heavy atom. The van der Waals surface area contributed by atoms with E-state index in [9.17, 15) is 18.8 Å². The number of hydrogen-bond donors (Lipinski definition) is 1. The molecule has 184 valence electrons. The van der Waals surface area contributed by atoms with Gasteiger partial charge in [-0.05, 0) is 43.7 Å². The molecule has 1 saturated heterocycles. The van der Waals surface area contributed by atoms with Crippen molar-refractivity contribution in [2.24, 2.45) is 11.7 Å². The quantitative estimate of drug-likeness (QED) is 0.526. The number of para-hydroxylation sites is 1. The van der Waals surface area contributed by atoms with Crippen molar-refractivity contribution < 1.29 is 27.9 Å². The standard InChI is InChI=1S/C25H32FN3O5/c26-18-9-6-10-19-22(18)33-23(28-19)20(30)11-12-25(34-24(27)32,15-17-7-2-1-3-8-17)16-21(31)29-13-4-5-14-29/h6,9-10,17H,1-5,7-8,11-16H2,(H2,27,32)/t25-/m0/s1. The van der Waals surface area contributed by atoms with Crippen molar-refractivity contribution >= 4 is 28.9 Å². The predicted octanol–water partition coefficient (Wildman–Crippen LogP) is 4.75. The van der Waals surface area contributed by atoms with Gasteiger partial charge < -0.3 is 19.8 Å². The third-order valence-electron chi connectivity index (χ3n) is 7.05. The number of carbonyl (C=O) groups is 3. The zero-order valence-electron chi connectivity index (χ0n) is 19.4. The van der Waals surface area contributed by atoms with Gasteiger partial charge in [0.2, 0.25) is 11.7 Å². The lowest BCUT2D eigenvalue weighted by atomic mass is 9.77. The van der Waals surface area contributed by atoms with Crippen molar-refractivity contribution in [2.75, 3.05) is 13.1 Å². The number of halogens is 1. The monoisotopic (exact) mass is 473 g/mol. The van der Waals surface area contributed by atoms with Crippen LogP contribution in [0.25, 0.3) is 11.1 Å². The third kappa shape index (κ3) is 5.74. The second-order valence-electron chi connectivity index (χ2n) is 9.61. The number of Topliss-reactive ketones (excluding diaryl/α,β-unsaturated/α-hetero) is 1. The average Bonchev–Trinajstić information content (AvgIpc) is 3.49. The Morgan fingerprint density at radius 2 is 1.88 bits per heavy atom. The maximum absolute atomic E-state index is 14.0. The van der Waals surface area contributed by atoms with E-state index in [-0.39, 0.29) is 48.1 Å². The number of likely N-dealkylation sites (tertiary alicyclic amines) is 1. The second kappa shape index (κ2) is 10.5. The van der Waals surface area contributed by atoms with E-state index in [0.717, 1.165) is 38.5 Å². The first-order valence-corrected chi connectivity index (χ1v) is 12.2. The highest BCUT2D eigenvalue weighted by Gasteiger charge is 2.41. The number of benzene rings is 1. The maximum atomic E-state index is 14.0. The molecule has 0 unspecified atom stereocenters. The van der Waals surface area contributed by atoms with Crippen LogP contribution in [0.15, 0.2) is 22.6 Å². The number of rotatable bonds is 9. The number of nitrogens with zero attached hydrogens (tertiary/aromatic N) is 2. The maximum Gasteiger partial charge on any atom is 0.405 e. The summed E-state index contributed by atoms with van der Waals surface area (Å²) in [7, 11) is 0. The van der Waals surface area contributed by atoms with E-state index in [1.165, 1.54) is 18.6 Å². The van der Waals surface area contributed by atoms with Crippen LogP contribution in [-0.4, -0.2) is 46.4 Å². The molecule has 2 aliphatic rings. The Bertz CT molecular complexity index is 1040. The van der Waals surface area contributed by atoms with E-state index >= 15 is 0 Å². The van der Waals surface area contributed by atoms with Gasteiger partial charge in [-0.3, -0.25) is 9.59 Å². The van der Waals surface area contributed by atoms with Gasteiger partial charge in [0, 0.05) is 19.5 Å². The molecule has 1 aromatic carbocycles. The highest BCUT2D eigenvalue weighted by atomic mass is 19.1. The average molecular weight is 474 g/mol. The van der Waals surface area contributed by atoms with Gasteiger partial charge in [0.1, 0.15) is 11.1 Å². The normalized spacial score (nSPS) is 18.7. The molecule has 0 spiro atoms. The summed E-state index contributed by atoms with van der Waals surface area (Å²) in [5.74, 6) is -1.04. The van der Waals surface area contributed by atoms with Crippen LogP contribution in [0.4, 0.5) is 9.18 Å². The summed E-state index contributed by atoms with van der Waals surface area (Å²) >= 11 is 0. The Kier molecular flexibility index (Phi) is 7.48. The number of ketones is 1. The minimum Gasteiger partial charge on any atom is -0.443 e. The molecule has 2 fully saturated rings. The highest BCUT2D eigenvalue weighted by Crippen LogP contribution is 2.38. The number of primary amides is 1. The Hall–Kier alpha value is -2.97. The van der Waals surface area contributed by atoms with Gasteiger partial charge in [0.15, 0.2) is 11.4 Å². The summed E-state index contributed by atoms with van der Waals surface area (Å²) in [4.78, 5) is 43.9. The summed E-state index contributed by atoms with van der Waals surface area (Å²) in [6, 6.07) is 4.30. The van der Waals surface area contributed by atoms with Crippen LogP contribution in [0.5, 0.6) is 0 Å². The molecule has 4 rings (SSSR count). The zero-order valence-corrected chi connectivity index (χ0v) is 19.4. The molecule has 8 nitrogen and oxygen atoms in total. The summed E-state index contributed by atoms with van der Waals surface area (Å²) in [6.07, 6.45) is 6.77. The first-order valence-electron chi connectivity index (χ1n) is 12.2. The van der Waals surface area contributed by atoms with Crippen LogP contribution in [0.3, 0.4) is 0 Å². The van der Waals surface area contributed by atoms with Crippen molar-refractivity contribution in [3.8, 4) is 0 Å². The van der Waals surface area contributed by atoms with Gasteiger partial charge in [0.25, 0.3) is 5.89 Å². The number of amides is 2. The first kappa shape index (κ1) is 24.2. The number of carbonyl (C=O) groups excluding carboxylic acids is 3. The Labute approximate surface area is 198 Å². The van der Waals surface area contributed by atoms with Crippen LogP contribution in [0.1, 0.15) is 81.3 Å². The topological polar surface area (TPSA) is 116 Å². The summed E-state index contributed by atoms with van der Waals surface area (Å²) in [5, 5.41) is 0. The molecule has 2 N–H and O–H groups in total. The number of fused-ring (bicyclic) bond motifs is 1. The molecule has 34 heavy (non-hydrogen) atoms. The third-order valence-corrected chi connectivity index (χ3v) is 7.05. The Morgan fingerprint density at radius 3 is 2.56 bits per heavy atom. The molecule has 2 aromatic rings. The molecule has 2 amide bonds. The van der Waals surface area contributed by atoms with E-state index < -0.39 is 23.3 Å². The molecule has 1 aliphatic carbocycles. The highest BCUT2D eigenvalue weighted by molar-refractivity contribution is 5.94. The van der Waals surface area contributed by atoms with Crippen LogP contribution in [0, 0.1) is 11.7 Å². The lowest BCUT2D eigenvalue weighted by Gasteiger charge is -2.37. The fourth-order valence-electron chi connectivity index (χ4n) is 5.36. The smallest absolute Gasteiger partial charge is 0.405 e. The fourth-order valence-corrected chi connectivity index (χ4v) is 5.36. The van der Waals surface area contributed by atoms with Crippen LogP contribution in [0.2, 0.25) is 0 Å². The van der Waals surface area contributed by atoms with E-state index in [1.54, 1.807) is 11.0 Å². The van der Waals surface area contributed by atoms with Crippen molar-refractivity contribution in [3.05, 3.63) is 29.9 Å². The molecule has 2 heterocycles. The van der Waals surface area contributed by atoms with Gasteiger partial charge in [-0.15, -0.1) is 0 Å². The lowest BCUT2D eigenvalue weighted by molar-refractivity contribution is -0.136. The lowest BCUT2D eigenvalue weighted by Crippen LogP contribution is -2.44. The molecule has 9 heteroatoms. The molecule has 0 bridgehead atoms. The van der Waals surface area contributed by atoms with Crippen LogP contribution >= 0.6 is 0 Å². The molecule has 1 atom stereocenters. The summed E-state index contributed by atoms with van der Waals surface area (Å²) in [5.41, 5.74) is 4.46. The van der Waals surface area contributed by atoms with E-state index in [1.807, 2.05) is 0 Å². The van der Waals surface area contributed by atoms with E-state index in [0.29, 0.717) is 19.5 Å². The van der Waals surface area contributed by atoms with E-state index in [2.05, 4.69) is 4.98 Å². The minimum atomic E-state index is -1.18. The number of nitrogens with two attached hydrogens (primary N) is 1. The van der Waals surface area contributed by atoms with Crippen molar-refractivity contribution in [1.29, 1.82) is 0 Å². The SMILES string of the molecule is NC(=O)O[C@](CCC(=O)c1nc2cccc(F)c2o1)(CC(=O)N1CCCC1)CC1CCCCC1. The summed E-state index contributed by atoms with van der Waals surface area (Å²) < 4.78 is 25.0. The van der Waals surface area contributed by atoms with Gasteiger partial charge in [0.05, 0.1) is 6.42 Å². The van der Waals surface area contributed by atoms with E-state index in [4.69, 9.17) is 14.9 Å². The molecule has 0 radical (unpaired) electrons. The fraction of sp³-hybridized carbons (Fsp3) is 0.600. The van der Waals surface area contributed by atoms with Crippen LogP contribution in [-0.2, 0) is 9.53 Å². The van der Waals surface area contributed by atoms with Gasteiger partial charge in [-0.25, -0.2) is 14.2 Å². The molecule has 1 aliphatic heterocycles. The summed E-state index contributed by atoms with van der Waals surface area (Å²) in [6.45, 7) is 1.37. The molecular formula is C25H32FN3O5. The van der Waals surface area contributed by atoms with Gasteiger partial charge in [-0.1, -0.05) is 38.2 Å². The van der Waals surface area contributed by atoms with Gasteiger partial charge >= 0.3 is 6.09 Å².